The number of unbranched alkanes of at least 4 members (excludes halogenated alkanes) is 1. The Morgan fingerprint density at radius 2 is 1.45 bits per heavy atom. The number of hydrogen-bond donors (Lipinski definition) is 6. The quantitative estimate of drug-likeness (QED) is 0.0295. The molecule has 2 saturated heterocycles. The Kier molecular flexibility index (Phi) is 26.9. The number of rotatable bonds is 22. The first-order chi connectivity index (χ1) is 26.2. The Labute approximate surface area is 325 Å². The number of hydrogen-bond acceptors (Lipinski definition) is 16. The van der Waals surface area contributed by atoms with Crippen LogP contribution in [0.1, 0.15) is 71.6 Å². The summed E-state index contributed by atoms with van der Waals surface area (Å²) in [6.07, 6.45) is 2.28. The van der Waals surface area contributed by atoms with Crippen molar-refractivity contribution in [1.29, 1.82) is 0 Å². The lowest BCUT2D eigenvalue weighted by Gasteiger charge is -2.31. The number of aliphatic carboxylic acids is 1. The zero-order valence-electron chi connectivity index (χ0n) is 30.6. The molecule has 2 aliphatic rings. The van der Waals surface area contributed by atoms with Crippen LogP contribution in [0.3, 0.4) is 0 Å². The van der Waals surface area contributed by atoms with E-state index < -0.39 is 66.4 Å². The third-order valence-electron chi connectivity index (χ3n) is 7.93. The van der Waals surface area contributed by atoms with Gasteiger partial charge in [-0.05, 0) is 51.9 Å². The zero-order chi connectivity index (χ0) is 41.8. The lowest BCUT2D eigenvalue weighted by molar-refractivity contribution is -0.193. The van der Waals surface area contributed by atoms with E-state index in [1.54, 1.807) is 6.92 Å². The molecule has 0 aromatic rings. The molecule has 23 heteroatoms. The van der Waals surface area contributed by atoms with Crippen LogP contribution in [0.4, 0.5) is 0 Å². The smallest absolute Gasteiger partial charge is 0.373 e. The summed E-state index contributed by atoms with van der Waals surface area (Å²) in [4.78, 5) is 135. The minimum atomic E-state index is -1.33. The first-order valence-corrected chi connectivity index (χ1v) is 19.7. The summed E-state index contributed by atoms with van der Waals surface area (Å²) in [5, 5.41) is 19.8. The van der Waals surface area contributed by atoms with Gasteiger partial charge in [0, 0.05) is 45.3 Å². The number of carboxylic acids is 1. The van der Waals surface area contributed by atoms with Crippen molar-refractivity contribution < 1.29 is 67.4 Å². The van der Waals surface area contributed by atoms with Crippen molar-refractivity contribution in [2.75, 3.05) is 37.7 Å². The Morgan fingerprint density at radius 3 is 2.00 bits per heavy atom. The SMILES string of the molecule is CCNC(=O)C(CC(=O)O)NC(=O)C1CCCN1C(=O)C(CCCCNC(C)=O)NC(=O)C1CCCN1C(=O)CCSSCC(N)OC=O.O=C=O.O=C=O. The van der Waals surface area contributed by atoms with Gasteiger partial charge in [-0.15, -0.1) is 0 Å². The van der Waals surface area contributed by atoms with Crippen molar-refractivity contribution in [3.8, 4) is 0 Å². The molecular weight excluding hydrogens is 771 g/mol. The highest BCUT2D eigenvalue weighted by Crippen LogP contribution is 2.25. The lowest BCUT2D eigenvalue weighted by Crippen LogP contribution is -2.58. The number of carboxylic acid groups (broad SMARTS) is 1. The van der Waals surface area contributed by atoms with E-state index in [1.807, 2.05) is 0 Å². The molecule has 0 spiro atoms. The van der Waals surface area contributed by atoms with Gasteiger partial charge in [0.1, 0.15) is 24.2 Å². The molecule has 0 aromatic carbocycles. The van der Waals surface area contributed by atoms with Crippen LogP contribution in [0.25, 0.3) is 0 Å². The van der Waals surface area contributed by atoms with Gasteiger partial charge in [-0.2, -0.15) is 19.2 Å². The maximum atomic E-state index is 14.0. The molecule has 2 fully saturated rings. The highest BCUT2D eigenvalue weighted by molar-refractivity contribution is 8.76. The monoisotopic (exact) mass is 819 g/mol. The van der Waals surface area contributed by atoms with Crippen LogP contribution >= 0.6 is 21.6 Å². The van der Waals surface area contributed by atoms with E-state index in [4.69, 9.17) is 24.9 Å². The van der Waals surface area contributed by atoms with Crippen molar-refractivity contribution >= 4 is 81.8 Å². The largest absolute Gasteiger partial charge is 0.481 e. The number of likely N-dealkylation sites (N-methyl/N-ethyl adjacent to an activating group) is 1. The summed E-state index contributed by atoms with van der Waals surface area (Å²) in [5.41, 5.74) is 5.61. The van der Waals surface area contributed by atoms with E-state index >= 15 is 0 Å². The summed E-state index contributed by atoms with van der Waals surface area (Å²) in [6.45, 7) is 4.55. The van der Waals surface area contributed by atoms with Crippen molar-refractivity contribution in [2.45, 2.75) is 102 Å². The van der Waals surface area contributed by atoms with Gasteiger partial charge in [0.15, 0.2) is 6.23 Å². The second-order valence-electron chi connectivity index (χ2n) is 11.8. The molecule has 2 rings (SSSR count). The summed E-state index contributed by atoms with van der Waals surface area (Å²) < 4.78 is 4.63. The standard InChI is InChI=1S/C30H49N7O10S2.2CO2/c1-3-32-27(43)21(16-26(41)42)35-29(45)23-10-7-14-37(23)30(46)20(8-4-5-12-33-19(2)39)34-28(44)22-9-6-13-36(22)25(40)11-15-48-49-17-24(31)47-18-38;2*2-1-3/h18,20-24H,3-17,31H2,1-2H3,(H,32,43)(H,33,39)(H,34,44)(H,35,45)(H,41,42);;. The van der Waals surface area contributed by atoms with Crippen LogP contribution in [0.2, 0.25) is 0 Å². The summed E-state index contributed by atoms with van der Waals surface area (Å²) in [7, 11) is 2.75. The molecule has 0 aromatic heterocycles. The molecule has 0 bridgehead atoms. The fourth-order valence-corrected chi connectivity index (χ4v) is 7.59. The van der Waals surface area contributed by atoms with Gasteiger partial charge in [0.05, 0.1) is 12.2 Å². The van der Waals surface area contributed by atoms with Crippen molar-refractivity contribution in [3.05, 3.63) is 0 Å². The second kappa shape index (κ2) is 29.5. The summed E-state index contributed by atoms with van der Waals surface area (Å²) in [5.74, 6) is -3.19. The van der Waals surface area contributed by atoms with Crippen LogP contribution in [0, 0.1) is 0 Å². The average molecular weight is 820 g/mol. The van der Waals surface area contributed by atoms with Crippen molar-refractivity contribution in [2.24, 2.45) is 5.73 Å². The second-order valence-corrected chi connectivity index (χ2v) is 14.4. The maximum absolute atomic E-state index is 14.0. The third-order valence-corrected chi connectivity index (χ3v) is 10.3. The van der Waals surface area contributed by atoms with Crippen LogP contribution in [0.5, 0.6) is 0 Å². The van der Waals surface area contributed by atoms with Gasteiger partial charge in [0.25, 0.3) is 6.47 Å². The van der Waals surface area contributed by atoms with Gasteiger partial charge in [-0.3, -0.25) is 44.1 Å². The van der Waals surface area contributed by atoms with Crippen LogP contribution in [-0.2, 0) is 62.3 Å². The molecule has 0 radical (unpaired) electrons. The minimum absolute atomic E-state index is 0.167. The first-order valence-electron chi connectivity index (χ1n) is 17.2. The van der Waals surface area contributed by atoms with E-state index in [0.29, 0.717) is 56.7 Å². The number of nitrogens with two attached hydrogens (primary N) is 1. The van der Waals surface area contributed by atoms with Gasteiger partial charge < -0.3 is 40.9 Å². The van der Waals surface area contributed by atoms with E-state index in [9.17, 15) is 43.5 Å². The number of carbonyl (C=O) groups excluding carboxylic acids is 11. The van der Waals surface area contributed by atoms with Gasteiger partial charge >= 0.3 is 18.3 Å². The highest BCUT2D eigenvalue weighted by Gasteiger charge is 2.41. The number of carbonyl (C=O) groups is 8. The molecule has 0 aliphatic carbocycles. The van der Waals surface area contributed by atoms with Crippen molar-refractivity contribution in [1.82, 2.24) is 31.1 Å². The average Bonchev–Trinajstić information content (AvgIpc) is 3.82. The summed E-state index contributed by atoms with van der Waals surface area (Å²) >= 11 is 0. The molecule has 2 aliphatic heterocycles. The van der Waals surface area contributed by atoms with E-state index in [2.05, 4.69) is 26.0 Å². The normalized spacial score (nSPS) is 17.1. The van der Waals surface area contributed by atoms with Gasteiger partial charge in [0.2, 0.25) is 35.4 Å². The minimum Gasteiger partial charge on any atom is -0.481 e. The lowest BCUT2D eigenvalue weighted by atomic mass is 10.1. The Hall–Kier alpha value is -4.82. The summed E-state index contributed by atoms with van der Waals surface area (Å²) in [6, 6.07) is -4.11. The predicted molar refractivity (Wildman–Crippen MR) is 191 cm³/mol. The van der Waals surface area contributed by atoms with Gasteiger partial charge in [-0.25, -0.2) is 0 Å². The van der Waals surface area contributed by atoms with E-state index in [-0.39, 0.29) is 62.9 Å². The molecule has 21 nitrogen and oxygen atoms in total. The fourth-order valence-electron chi connectivity index (χ4n) is 5.61. The maximum Gasteiger partial charge on any atom is 0.373 e. The van der Waals surface area contributed by atoms with Crippen LogP contribution in [0.15, 0.2) is 0 Å². The fraction of sp³-hybridized carbons (Fsp3) is 0.688. The Balaban J connectivity index is 0.00000454. The molecule has 55 heavy (non-hydrogen) atoms. The Morgan fingerprint density at radius 1 is 0.891 bits per heavy atom. The molecule has 7 N–H and O–H groups in total. The Bertz CT molecular complexity index is 1350. The molecule has 308 valence electrons. The van der Waals surface area contributed by atoms with Crippen LogP contribution in [-0.4, -0.2) is 143 Å². The topological polar surface area (TPSA) is 315 Å². The van der Waals surface area contributed by atoms with Gasteiger partial charge in [-0.1, -0.05) is 21.6 Å². The van der Waals surface area contributed by atoms with E-state index in [1.165, 1.54) is 38.3 Å². The number of ether oxygens (including phenoxy) is 1. The predicted octanol–water partition coefficient (Wildman–Crippen LogP) is -2.08. The number of likely N-dealkylation sites (tertiary alicyclic amines) is 2. The molecule has 0 saturated carbocycles. The molecule has 5 unspecified atom stereocenters. The number of amides is 6. The van der Waals surface area contributed by atoms with Crippen molar-refractivity contribution in [3.63, 3.8) is 0 Å². The third kappa shape index (κ3) is 20.4. The highest BCUT2D eigenvalue weighted by atomic mass is 33.1. The number of nitrogens with one attached hydrogen (secondary N) is 4. The molecule has 2 heterocycles. The molecule has 5 atom stereocenters. The van der Waals surface area contributed by atoms with E-state index in [0.717, 1.165) is 0 Å². The first kappa shape index (κ1) is 50.2. The zero-order valence-corrected chi connectivity index (χ0v) is 32.2. The molecular formula is C32H49N7O14S2. The molecule has 6 amide bonds. The number of nitrogens with zero attached hydrogens (tertiary/aromatic N) is 2. The van der Waals surface area contributed by atoms with Crippen LogP contribution < -0.4 is 27.0 Å².